The minimum absolute atomic E-state index is 0.00413. The van der Waals surface area contributed by atoms with Crippen molar-refractivity contribution in [1.82, 2.24) is 10.2 Å². The third-order valence-corrected chi connectivity index (χ3v) is 4.70. The van der Waals surface area contributed by atoms with Crippen molar-refractivity contribution in [2.75, 3.05) is 7.05 Å². The van der Waals surface area contributed by atoms with Crippen molar-refractivity contribution in [3.05, 3.63) is 46.5 Å². The number of hydrogen-bond acceptors (Lipinski definition) is 4. The van der Waals surface area contributed by atoms with Gasteiger partial charge in [-0.15, -0.1) is 0 Å². The second kappa shape index (κ2) is 7.92. The van der Waals surface area contributed by atoms with E-state index in [9.17, 15) is 4.79 Å². The quantitative estimate of drug-likeness (QED) is 0.539. The molecule has 1 aromatic rings. The van der Waals surface area contributed by atoms with Gasteiger partial charge < -0.3 is 21.7 Å². The summed E-state index contributed by atoms with van der Waals surface area (Å²) >= 11 is 1.63. The molecule has 1 unspecified atom stereocenters. The molecule has 1 atom stereocenters. The maximum absolute atomic E-state index is 11.2. The predicted molar refractivity (Wildman–Crippen MR) is 95.3 cm³/mol. The van der Waals surface area contributed by atoms with Crippen LogP contribution in [0.3, 0.4) is 0 Å². The van der Waals surface area contributed by atoms with Crippen molar-refractivity contribution in [1.29, 1.82) is 0 Å². The fourth-order valence-corrected chi connectivity index (χ4v) is 3.40. The number of nitrogens with one attached hydrogen (secondary N) is 1. The van der Waals surface area contributed by atoms with Crippen LogP contribution >= 0.6 is 11.8 Å². The molecule has 2 rings (SSSR count). The van der Waals surface area contributed by atoms with Gasteiger partial charge in [0.2, 0.25) is 5.91 Å². The van der Waals surface area contributed by atoms with Gasteiger partial charge >= 0.3 is 0 Å². The molecular formula is C16H23N5OS. The summed E-state index contributed by atoms with van der Waals surface area (Å²) in [5.74, 6) is 0.0943. The van der Waals surface area contributed by atoms with Crippen LogP contribution in [0.5, 0.6) is 0 Å². The zero-order valence-corrected chi connectivity index (χ0v) is 14.3. The largest absolute Gasteiger partial charge is 0.370 e. The highest BCUT2D eigenvalue weighted by molar-refractivity contribution is 8.02. The van der Waals surface area contributed by atoms with Crippen molar-refractivity contribution in [3.8, 4) is 0 Å². The molecule has 0 aliphatic carbocycles. The van der Waals surface area contributed by atoms with Crippen LogP contribution in [0, 0.1) is 0 Å². The number of guanidine groups is 1. The molecule has 0 spiro atoms. The highest BCUT2D eigenvalue weighted by Gasteiger charge is 2.23. The summed E-state index contributed by atoms with van der Waals surface area (Å²) in [5.41, 5.74) is 14.2. The van der Waals surface area contributed by atoms with Crippen LogP contribution in [0.2, 0.25) is 0 Å². The third kappa shape index (κ3) is 5.21. The van der Waals surface area contributed by atoms with Crippen LogP contribution in [0.1, 0.15) is 24.5 Å². The first-order valence-corrected chi connectivity index (χ1v) is 8.37. The summed E-state index contributed by atoms with van der Waals surface area (Å²) in [4.78, 5) is 17.3. The fourth-order valence-electron chi connectivity index (χ4n) is 2.27. The Balaban J connectivity index is 1.84. The maximum atomic E-state index is 11.2. The van der Waals surface area contributed by atoms with Crippen molar-refractivity contribution < 1.29 is 4.79 Å². The summed E-state index contributed by atoms with van der Waals surface area (Å²) in [6.45, 7) is 2.04. The SMILES string of the molecule is CC(=O)NC1SC=C(CCc2ccc(CN=C(N)N)cc2)N1C. The van der Waals surface area contributed by atoms with Gasteiger partial charge in [0, 0.05) is 19.7 Å². The molecule has 1 amide bonds. The normalized spacial score (nSPS) is 16.9. The van der Waals surface area contributed by atoms with Crippen molar-refractivity contribution in [2.45, 2.75) is 31.8 Å². The molecule has 0 radical (unpaired) electrons. The molecule has 6 nitrogen and oxygen atoms in total. The van der Waals surface area contributed by atoms with E-state index in [0.29, 0.717) is 6.54 Å². The predicted octanol–water partition coefficient (Wildman–Crippen LogP) is 1.33. The molecule has 0 aromatic heterocycles. The van der Waals surface area contributed by atoms with Gasteiger partial charge in [-0.2, -0.15) is 0 Å². The zero-order valence-electron chi connectivity index (χ0n) is 13.5. The van der Waals surface area contributed by atoms with Crippen LogP contribution in [-0.4, -0.2) is 29.3 Å². The molecular weight excluding hydrogens is 310 g/mol. The number of thioether (sulfide) groups is 1. The summed E-state index contributed by atoms with van der Waals surface area (Å²) in [6.07, 6.45) is 1.89. The molecule has 1 aromatic carbocycles. The molecule has 0 saturated heterocycles. The second-order valence-electron chi connectivity index (χ2n) is 5.47. The van der Waals surface area contributed by atoms with E-state index in [1.807, 2.05) is 19.2 Å². The average Bonchev–Trinajstić information content (AvgIpc) is 2.84. The molecule has 1 heterocycles. The lowest BCUT2D eigenvalue weighted by Crippen LogP contribution is -2.40. The maximum Gasteiger partial charge on any atom is 0.219 e. The standard InChI is InChI=1S/C16H23N5OS/c1-11(22)20-16-21(2)14(10-23-16)8-7-12-3-5-13(6-4-12)9-19-15(17)18/h3-6,10,16H,7-9H2,1-2H3,(H,20,22)(H4,17,18,19). The number of hydrogen-bond donors (Lipinski definition) is 3. The van der Waals surface area contributed by atoms with E-state index in [-0.39, 0.29) is 17.4 Å². The molecule has 23 heavy (non-hydrogen) atoms. The fraction of sp³-hybridized carbons (Fsp3) is 0.375. The van der Waals surface area contributed by atoms with E-state index in [0.717, 1.165) is 18.4 Å². The number of amides is 1. The van der Waals surface area contributed by atoms with Crippen molar-refractivity contribution >= 4 is 23.6 Å². The van der Waals surface area contributed by atoms with Crippen LogP contribution in [0.4, 0.5) is 0 Å². The highest BCUT2D eigenvalue weighted by Crippen LogP contribution is 2.30. The molecule has 1 aliphatic heterocycles. The van der Waals surface area contributed by atoms with Gasteiger partial charge in [-0.1, -0.05) is 36.0 Å². The Morgan fingerprint density at radius 1 is 1.26 bits per heavy atom. The lowest BCUT2D eigenvalue weighted by molar-refractivity contribution is -0.119. The number of allylic oxidation sites excluding steroid dienone is 1. The Hall–Kier alpha value is -2.15. The first-order valence-electron chi connectivity index (χ1n) is 7.43. The van der Waals surface area contributed by atoms with E-state index in [1.165, 1.54) is 18.2 Å². The van der Waals surface area contributed by atoms with Gasteiger partial charge in [0.1, 0.15) is 0 Å². The first-order chi connectivity index (χ1) is 11.0. The number of carbonyl (C=O) groups is 1. The van der Waals surface area contributed by atoms with Gasteiger partial charge in [0.15, 0.2) is 11.5 Å². The van der Waals surface area contributed by atoms with Gasteiger partial charge in [-0.05, 0) is 29.4 Å². The van der Waals surface area contributed by atoms with Crippen LogP contribution in [0.15, 0.2) is 40.4 Å². The van der Waals surface area contributed by atoms with E-state index < -0.39 is 0 Å². The van der Waals surface area contributed by atoms with E-state index in [1.54, 1.807) is 11.8 Å². The number of aliphatic imine (C=N–C) groups is 1. The van der Waals surface area contributed by atoms with E-state index in [4.69, 9.17) is 11.5 Å². The van der Waals surface area contributed by atoms with Crippen molar-refractivity contribution in [3.63, 3.8) is 0 Å². The molecule has 0 fully saturated rings. The lowest BCUT2D eigenvalue weighted by Gasteiger charge is -2.24. The molecule has 0 saturated carbocycles. The smallest absolute Gasteiger partial charge is 0.219 e. The van der Waals surface area contributed by atoms with Crippen LogP contribution in [0.25, 0.3) is 0 Å². The van der Waals surface area contributed by atoms with E-state index >= 15 is 0 Å². The third-order valence-electron chi connectivity index (χ3n) is 3.60. The monoisotopic (exact) mass is 333 g/mol. The van der Waals surface area contributed by atoms with Crippen molar-refractivity contribution in [2.24, 2.45) is 16.5 Å². The zero-order chi connectivity index (χ0) is 16.8. The number of aryl methyl sites for hydroxylation is 1. The number of nitrogens with zero attached hydrogens (tertiary/aromatic N) is 2. The second-order valence-corrected chi connectivity index (χ2v) is 6.42. The molecule has 1 aliphatic rings. The Morgan fingerprint density at radius 2 is 1.91 bits per heavy atom. The molecule has 7 heteroatoms. The number of benzene rings is 1. The van der Waals surface area contributed by atoms with E-state index in [2.05, 4.69) is 32.7 Å². The molecule has 0 bridgehead atoms. The summed E-state index contributed by atoms with van der Waals surface area (Å²) in [7, 11) is 2.00. The number of carbonyl (C=O) groups excluding carboxylic acids is 1. The average molecular weight is 333 g/mol. The minimum Gasteiger partial charge on any atom is -0.370 e. The summed E-state index contributed by atoms with van der Waals surface area (Å²) < 4.78 is 0. The Kier molecular flexibility index (Phi) is 5.92. The van der Waals surface area contributed by atoms with Gasteiger partial charge in [0.25, 0.3) is 0 Å². The molecule has 5 N–H and O–H groups in total. The lowest BCUT2D eigenvalue weighted by atomic mass is 10.1. The molecule has 124 valence electrons. The Bertz CT molecular complexity index is 607. The number of nitrogens with two attached hydrogens (primary N) is 2. The summed E-state index contributed by atoms with van der Waals surface area (Å²) in [5, 5.41) is 5.03. The topological polar surface area (TPSA) is 96.7 Å². The summed E-state index contributed by atoms with van der Waals surface area (Å²) in [6, 6.07) is 8.30. The Morgan fingerprint density at radius 3 is 2.52 bits per heavy atom. The van der Waals surface area contributed by atoms with Gasteiger partial charge in [0.05, 0.1) is 6.54 Å². The highest BCUT2D eigenvalue weighted by atomic mass is 32.2. The Labute approximate surface area is 141 Å². The van der Waals surface area contributed by atoms with Crippen LogP contribution in [-0.2, 0) is 17.8 Å². The van der Waals surface area contributed by atoms with Crippen LogP contribution < -0.4 is 16.8 Å². The van der Waals surface area contributed by atoms with Gasteiger partial charge in [-0.25, -0.2) is 4.99 Å². The first kappa shape index (κ1) is 17.2. The van der Waals surface area contributed by atoms with Gasteiger partial charge in [-0.3, -0.25) is 4.79 Å². The number of rotatable bonds is 6. The minimum atomic E-state index is -0.0136.